The zero-order valence-corrected chi connectivity index (χ0v) is 21.1. The summed E-state index contributed by atoms with van der Waals surface area (Å²) >= 11 is 0. The van der Waals surface area contributed by atoms with Crippen LogP contribution in [-0.2, 0) is 17.8 Å². The number of hydrogen-bond acceptors (Lipinski definition) is 4. The van der Waals surface area contributed by atoms with Gasteiger partial charge in [0.05, 0.1) is 13.2 Å². The van der Waals surface area contributed by atoms with Crippen LogP contribution < -0.4 is 15.4 Å². The van der Waals surface area contributed by atoms with E-state index in [0.717, 1.165) is 56.7 Å². The van der Waals surface area contributed by atoms with E-state index in [2.05, 4.69) is 58.6 Å². The maximum Gasteiger partial charge on any atom is 0.191 e. The van der Waals surface area contributed by atoms with E-state index >= 15 is 0 Å². The number of para-hydroxylation sites is 1. The van der Waals surface area contributed by atoms with Gasteiger partial charge in [0.15, 0.2) is 5.96 Å². The molecule has 2 aromatic rings. The first-order valence-corrected chi connectivity index (χ1v) is 10.7. The molecule has 0 atom stereocenters. The number of halogens is 1. The second-order valence-corrected chi connectivity index (χ2v) is 7.62. The Morgan fingerprint density at radius 1 is 1.03 bits per heavy atom. The van der Waals surface area contributed by atoms with Crippen LogP contribution in [0.2, 0.25) is 0 Å². The lowest BCUT2D eigenvalue weighted by atomic mass is 10.1. The molecule has 0 saturated carbocycles. The second-order valence-electron chi connectivity index (χ2n) is 7.62. The van der Waals surface area contributed by atoms with Gasteiger partial charge in [-0.25, -0.2) is 0 Å². The fourth-order valence-corrected chi connectivity index (χ4v) is 3.52. The van der Waals surface area contributed by atoms with Crippen molar-refractivity contribution in [2.45, 2.75) is 26.9 Å². The van der Waals surface area contributed by atoms with Gasteiger partial charge < -0.3 is 20.1 Å². The molecule has 1 heterocycles. The minimum atomic E-state index is 0. The average molecular weight is 538 g/mol. The number of benzene rings is 2. The Morgan fingerprint density at radius 3 is 2.45 bits per heavy atom. The lowest BCUT2D eigenvalue weighted by Gasteiger charge is -2.26. The maximum absolute atomic E-state index is 6.08. The van der Waals surface area contributed by atoms with E-state index < -0.39 is 0 Å². The van der Waals surface area contributed by atoms with Crippen molar-refractivity contribution < 1.29 is 9.47 Å². The van der Waals surface area contributed by atoms with Crippen LogP contribution in [-0.4, -0.2) is 57.4 Å². The Kier molecular flexibility index (Phi) is 11.1. The van der Waals surface area contributed by atoms with Gasteiger partial charge in [0, 0.05) is 45.3 Å². The lowest BCUT2D eigenvalue weighted by Crippen LogP contribution is -2.38. The topological polar surface area (TPSA) is 58.1 Å². The molecule has 0 radical (unpaired) electrons. The molecule has 1 fully saturated rings. The Morgan fingerprint density at radius 2 is 1.74 bits per heavy atom. The van der Waals surface area contributed by atoms with Gasteiger partial charge in [-0.3, -0.25) is 9.89 Å². The van der Waals surface area contributed by atoms with Crippen LogP contribution in [0, 0.1) is 13.8 Å². The highest BCUT2D eigenvalue weighted by Crippen LogP contribution is 2.18. The molecule has 3 rings (SSSR count). The van der Waals surface area contributed by atoms with E-state index in [-0.39, 0.29) is 24.0 Å². The Balaban J connectivity index is 0.00000341. The molecule has 0 aromatic heterocycles. The predicted molar refractivity (Wildman–Crippen MR) is 138 cm³/mol. The molecule has 0 spiro atoms. The average Bonchev–Trinajstić information content (AvgIpc) is 2.76. The Hall–Kier alpha value is -1.84. The van der Waals surface area contributed by atoms with E-state index in [4.69, 9.17) is 9.47 Å². The summed E-state index contributed by atoms with van der Waals surface area (Å²) in [5.41, 5.74) is 4.96. The van der Waals surface area contributed by atoms with Gasteiger partial charge in [-0.05, 0) is 31.0 Å². The fourth-order valence-electron chi connectivity index (χ4n) is 3.52. The van der Waals surface area contributed by atoms with Gasteiger partial charge in [0.2, 0.25) is 0 Å². The van der Waals surface area contributed by atoms with Crippen molar-refractivity contribution in [2.75, 3.05) is 46.5 Å². The van der Waals surface area contributed by atoms with Crippen molar-refractivity contribution >= 4 is 29.9 Å². The second kappa shape index (κ2) is 13.5. The zero-order valence-electron chi connectivity index (χ0n) is 18.8. The monoisotopic (exact) mass is 538 g/mol. The number of ether oxygens (including phenoxy) is 2. The van der Waals surface area contributed by atoms with Crippen LogP contribution in [0.4, 0.5) is 0 Å². The predicted octanol–water partition coefficient (Wildman–Crippen LogP) is 3.50. The first-order chi connectivity index (χ1) is 14.7. The third kappa shape index (κ3) is 8.31. The largest absolute Gasteiger partial charge is 0.492 e. The molecular weight excluding hydrogens is 503 g/mol. The molecule has 0 amide bonds. The Labute approximate surface area is 203 Å². The minimum absolute atomic E-state index is 0. The van der Waals surface area contributed by atoms with Gasteiger partial charge in [0.25, 0.3) is 0 Å². The van der Waals surface area contributed by atoms with E-state index in [1.54, 1.807) is 7.05 Å². The van der Waals surface area contributed by atoms with Crippen molar-refractivity contribution in [1.82, 2.24) is 15.5 Å². The van der Waals surface area contributed by atoms with Crippen LogP contribution >= 0.6 is 24.0 Å². The van der Waals surface area contributed by atoms with Crippen molar-refractivity contribution in [1.29, 1.82) is 0 Å². The summed E-state index contributed by atoms with van der Waals surface area (Å²) in [5, 5.41) is 6.80. The van der Waals surface area contributed by atoms with Gasteiger partial charge in [-0.15, -0.1) is 24.0 Å². The third-order valence-corrected chi connectivity index (χ3v) is 5.36. The van der Waals surface area contributed by atoms with Crippen LogP contribution in [0.15, 0.2) is 47.5 Å². The molecule has 6 nitrogen and oxygen atoms in total. The molecule has 170 valence electrons. The van der Waals surface area contributed by atoms with Crippen molar-refractivity contribution in [3.05, 3.63) is 64.7 Å². The highest BCUT2D eigenvalue weighted by molar-refractivity contribution is 14.0. The molecule has 31 heavy (non-hydrogen) atoms. The van der Waals surface area contributed by atoms with E-state index in [9.17, 15) is 0 Å². The summed E-state index contributed by atoms with van der Waals surface area (Å²) in [5.74, 6) is 1.70. The molecular formula is C24H35IN4O2. The summed E-state index contributed by atoms with van der Waals surface area (Å²) in [6, 6.07) is 14.7. The first-order valence-electron chi connectivity index (χ1n) is 10.7. The highest BCUT2D eigenvalue weighted by Gasteiger charge is 2.11. The number of aliphatic imine (C=N–C) groups is 1. The van der Waals surface area contributed by atoms with Gasteiger partial charge >= 0.3 is 0 Å². The van der Waals surface area contributed by atoms with Crippen molar-refractivity contribution in [3.63, 3.8) is 0 Å². The molecule has 1 aliphatic rings. The summed E-state index contributed by atoms with van der Waals surface area (Å²) < 4.78 is 11.5. The number of morpholine rings is 1. The standard InChI is InChI=1S/C24H34N4O2.HI/c1-19-8-9-21(20(2)16-19)17-26-24(25-3)27-18-22-6-4-5-7-23(22)30-15-12-28-10-13-29-14-11-28;/h4-9,16H,10-15,17-18H2,1-3H3,(H2,25,26,27);1H. The first kappa shape index (κ1) is 25.4. The van der Waals surface area contributed by atoms with Crippen LogP contribution in [0.1, 0.15) is 22.3 Å². The molecule has 0 unspecified atom stereocenters. The molecule has 1 aliphatic heterocycles. The molecule has 2 N–H and O–H groups in total. The summed E-state index contributed by atoms with van der Waals surface area (Å²) in [4.78, 5) is 6.73. The normalized spacial score (nSPS) is 14.6. The van der Waals surface area contributed by atoms with Gasteiger partial charge in [0.1, 0.15) is 12.4 Å². The Bertz CT molecular complexity index is 838. The highest BCUT2D eigenvalue weighted by atomic mass is 127. The SMILES string of the molecule is CN=C(NCc1ccc(C)cc1C)NCc1ccccc1OCCN1CCOCC1.I. The minimum Gasteiger partial charge on any atom is -0.492 e. The number of hydrogen-bond donors (Lipinski definition) is 2. The number of rotatable bonds is 8. The van der Waals surface area contributed by atoms with Crippen LogP contribution in [0.3, 0.4) is 0 Å². The smallest absolute Gasteiger partial charge is 0.191 e. The number of aryl methyl sites for hydroxylation is 2. The maximum atomic E-state index is 6.08. The van der Waals surface area contributed by atoms with E-state index in [1.165, 1.54) is 16.7 Å². The number of nitrogens with zero attached hydrogens (tertiary/aromatic N) is 2. The summed E-state index contributed by atoms with van der Waals surface area (Å²) in [6.45, 7) is 10.8. The van der Waals surface area contributed by atoms with Gasteiger partial charge in [-0.2, -0.15) is 0 Å². The van der Waals surface area contributed by atoms with E-state index in [0.29, 0.717) is 13.2 Å². The summed E-state index contributed by atoms with van der Waals surface area (Å²) in [6.07, 6.45) is 0. The molecule has 0 bridgehead atoms. The van der Waals surface area contributed by atoms with Crippen LogP contribution in [0.25, 0.3) is 0 Å². The lowest BCUT2D eigenvalue weighted by molar-refractivity contribution is 0.0322. The van der Waals surface area contributed by atoms with Gasteiger partial charge in [-0.1, -0.05) is 42.0 Å². The fraction of sp³-hybridized carbons (Fsp3) is 0.458. The molecule has 1 saturated heterocycles. The zero-order chi connectivity index (χ0) is 21.2. The molecule has 0 aliphatic carbocycles. The van der Waals surface area contributed by atoms with Crippen molar-refractivity contribution in [2.24, 2.45) is 4.99 Å². The number of nitrogens with one attached hydrogen (secondary N) is 2. The molecule has 7 heteroatoms. The van der Waals surface area contributed by atoms with Crippen molar-refractivity contribution in [3.8, 4) is 5.75 Å². The van der Waals surface area contributed by atoms with E-state index in [1.807, 2.05) is 18.2 Å². The van der Waals surface area contributed by atoms with Crippen LogP contribution in [0.5, 0.6) is 5.75 Å². The quantitative estimate of drug-likeness (QED) is 0.306. The molecule has 2 aromatic carbocycles. The number of guanidine groups is 1. The third-order valence-electron chi connectivity index (χ3n) is 5.36. The summed E-state index contributed by atoms with van der Waals surface area (Å²) in [7, 11) is 1.79.